The van der Waals surface area contributed by atoms with Crippen LogP contribution in [0.4, 0.5) is 5.69 Å². The maximum atomic E-state index is 12.6. The highest BCUT2D eigenvalue weighted by Gasteiger charge is 2.10. The maximum Gasteiger partial charge on any atom is 0.257 e. The predicted molar refractivity (Wildman–Crippen MR) is 114 cm³/mol. The summed E-state index contributed by atoms with van der Waals surface area (Å²) in [6, 6.07) is 17.0. The lowest BCUT2D eigenvalue weighted by Gasteiger charge is -2.12. The van der Waals surface area contributed by atoms with Crippen molar-refractivity contribution in [2.75, 3.05) is 5.32 Å². The molecule has 4 heteroatoms. The van der Waals surface area contributed by atoms with Gasteiger partial charge in [0.1, 0.15) is 0 Å². The average molecular weight is 374 g/mol. The van der Waals surface area contributed by atoms with Gasteiger partial charge in [-0.3, -0.25) is 9.59 Å². The number of benzene rings is 2. The Bertz CT molecular complexity index is 1050. The minimum atomic E-state index is -0.230. The fourth-order valence-corrected chi connectivity index (χ4v) is 3.10. The van der Waals surface area contributed by atoms with Crippen LogP contribution in [0.25, 0.3) is 0 Å². The first-order valence-corrected chi connectivity index (χ1v) is 9.51. The van der Waals surface area contributed by atoms with Gasteiger partial charge in [0, 0.05) is 18.0 Å². The van der Waals surface area contributed by atoms with Crippen molar-refractivity contribution in [3.63, 3.8) is 0 Å². The number of aromatic nitrogens is 1. The molecule has 144 valence electrons. The quantitative estimate of drug-likeness (QED) is 0.691. The van der Waals surface area contributed by atoms with Gasteiger partial charge in [0.05, 0.1) is 12.1 Å². The van der Waals surface area contributed by atoms with Crippen molar-refractivity contribution in [3.05, 3.63) is 99.0 Å². The number of carbonyl (C=O) groups is 1. The standard InChI is InChI=1S/C24H26N2O2/c1-16(2)19-7-10-22(11-8-19)25-24(28)20-9-12-23(27)26(14-20)15-21-13-17(3)5-6-18(21)4/h5-14,16H,15H2,1-4H3,(H,25,28). The molecule has 0 radical (unpaired) electrons. The fourth-order valence-electron chi connectivity index (χ4n) is 3.10. The van der Waals surface area contributed by atoms with Crippen molar-refractivity contribution in [2.24, 2.45) is 0 Å². The normalized spacial score (nSPS) is 10.9. The first-order valence-electron chi connectivity index (χ1n) is 9.51. The number of amides is 1. The third-order valence-corrected chi connectivity index (χ3v) is 4.93. The summed E-state index contributed by atoms with van der Waals surface area (Å²) >= 11 is 0. The van der Waals surface area contributed by atoms with Gasteiger partial charge in [-0.1, -0.05) is 49.7 Å². The van der Waals surface area contributed by atoms with Crippen LogP contribution in [0.5, 0.6) is 0 Å². The van der Waals surface area contributed by atoms with Crippen molar-refractivity contribution in [1.29, 1.82) is 0 Å². The van der Waals surface area contributed by atoms with E-state index in [1.165, 1.54) is 11.6 Å². The zero-order chi connectivity index (χ0) is 20.3. The van der Waals surface area contributed by atoms with Gasteiger partial charge in [0.2, 0.25) is 0 Å². The van der Waals surface area contributed by atoms with Crippen molar-refractivity contribution in [3.8, 4) is 0 Å². The van der Waals surface area contributed by atoms with E-state index in [1.807, 2.05) is 44.2 Å². The molecule has 2 aromatic carbocycles. The number of rotatable bonds is 5. The van der Waals surface area contributed by atoms with Crippen LogP contribution in [0.15, 0.2) is 65.6 Å². The summed E-state index contributed by atoms with van der Waals surface area (Å²) in [5.74, 6) is 0.213. The molecule has 0 aliphatic rings. The van der Waals surface area contributed by atoms with Gasteiger partial charge >= 0.3 is 0 Å². The summed E-state index contributed by atoms with van der Waals surface area (Å²) < 4.78 is 1.58. The second kappa shape index (κ2) is 8.26. The molecule has 1 aromatic heterocycles. The first kappa shape index (κ1) is 19.6. The molecule has 0 aliphatic carbocycles. The van der Waals surface area contributed by atoms with Crippen LogP contribution in [-0.4, -0.2) is 10.5 Å². The summed E-state index contributed by atoms with van der Waals surface area (Å²) in [5.41, 5.74) is 5.63. The highest BCUT2D eigenvalue weighted by atomic mass is 16.2. The van der Waals surface area contributed by atoms with Gasteiger partial charge in [-0.25, -0.2) is 0 Å². The summed E-state index contributed by atoms with van der Waals surface area (Å²) in [7, 11) is 0. The molecule has 0 unspecified atom stereocenters. The number of nitrogens with one attached hydrogen (secondary N) is 1. The average Bonchev–Trinajstić information content (AvgIpc) is 2.66. The van der Waals surface area contributed by atoms with Gasteiger partial charge < -0.3 is 9.88 Å². The smallest absolute Gasteiger partial charge is 0.257 e. The Labute approximate surface area is 165 Å². The van der Waals surface area contributed by atoms with E-state index in [-0.39, 0.29) is 11.5 Å². The van der Waals surface area contributed by atoms with E-state index < -0.39 is 0 Å². The topological polar surface area (TPSA) is 51.1 Å². The Morgan fingerprint density at radius 1 is 1.00 bits per heavy atom. The molecular weight excluding hydrogens is 348 g/mol. The van der Waals surface area contributed by atoms with Crippen LogP contribution in [0, 0.1) is 13.8 Å². The molecule has 0 saturated carbocycles. The third-order valence-electron chi connectivity index (χ3n) is 4.93. The second-order valence-corrected chi connectivity index (χ2v) is 7.54. The lowest BCUT2D eigenvalue weighted by molar-refractivity contribution is 0.102. The molecule has 0 saturated heterocycles. The minimum Gasteiger partial charge on any atom is -0.322 e. The molecule has 1 N–H and O–H groups in total. The molecule has 28 heavy (non-hydrogen) atoms. The Morgan fingerprint density at radius 3 is 2.39 bits per heavy atom. The first-order chi connectivity index (χ1) is 13.3. The third kappa shape index (κ3) is 4.58. The van der Waals surface area contributed by atoms with Crippen molar-refractivity contribution >= 4 is 11.6 Å². The molecule has 0 atom stereocenters. The Morgan fingerprint density at radius 2 is 1.71 bits per heavy atom. The Hall–Kier alpha value is -3.14. The van der Waals surface area contributed by atoms with E-state index in [9.17, 15) is 9.59 Å². The monoisotopic (exact) mass is 374 g/mol. The second-order valence-electron chi connectivity index (χ2n) is 7.54. The largest absolute Gasteiger partial charge is 0.322 e. The summed E-state index contributed by atoms with van der Waals surface area (Å²) in [6.07, 6.45) is 1.63. The number of aryl methyl sites for hydroxylation is 2. The number of nitrogens with zero attached hydrogens (tertiary/aromatic N) is 1. The van der Waals surface area contributed by atoms with Crippen LogP contribution < -0.4 is 10.9 Å². The molecule has 3 rings (SSSR count). The SMILES string of the molecule is Cc1ccc(C)c(Cn2cc(C(=O)Nc3ccc(C(C)C)cc3)ccc2=O)c1. The molecule has 0 fully saturated rings. The molecule has 0 aliphatic heterocycles. The van der Waals surface area contributed by atoms with Gasteiger partial charge in [-0.05, 0) is 54.7 Å². The van der Waals surface area contributed by atoms with Crippen LogP contribution in [0.2, 0.25) is 0 Å². The van der Waals surface area contributed by atoms with Crippen molar-refractivity contribution in [1.82, 2.24) is 4.57 Å². The van der Waals surface area contributed by atoms with Crippen LogP contribution in [0.1, 0.15) is 52.4 Å². The van der Waals surface area contributed by atoms with E-state index in [1.54, 1.807) is 16.8 Å². The van der Waals surface area contributed by atoms with Gasteiger partial charge in [-0.2, -0.15) is 0 Å². The molecule has 4 nitrogen and oxygen atoms in total. The summed E-state index contributed by atoms with van der Waals surface area (Å²) in [6.45, 7) is 8.76. The summed E-state index contributed by atoms with van der Waals surface area (Å²) in [5, 5.41) is 2.90. The highest BCUT2D eigenvalue weighted by molar-refractivity contribution is 6.04. The zero-order valence-corrected chi connectivity index (χ0v) is 16.8. The van der Waals surface area contributed by atoms with E-state index in [0.717, 1.165) is 22.4 Å². The Balaban J connectivity index is 1.81. The molecule has 1 heterocycles. The van der Waals surface area contributed by atoms with E-state index in [2.05, 4.69) is 31.3 Å². The molecule has 0 bridgehead atoms. The zero-order valence-electron chi connectivity index (χ0n) is 16.8. The summed E-state index contributed by atoms with van der Waals surface area (Å²) in [4.78, 5) is 24.9. The minimum absolute atomic E-state index is 0.126. The van der Waals surface area contributed by atoms with Crippen molar-refractivity contribution in [2.45, 2.75) is 40.2 Å². The Kier molecular flexibility index (Phi) is 5.78. The molecular formula is C24H26N2O2. The maximum absolute atomic E-state index is 12.6. The van der Waals surface area contributed by atoms with Crippen LogP contribution in [0.3, 0.4) is 0 Å². The van der Waals surface area contributed by atoms with E-state index in [4.69, 9.17) is 0 Å². The predicted octanol–water partition coefficient (Wildman–Crippen LogP) is 4.89. The fraction of sp³-hybridized carbons (Fsp3) is 0.250. The lowest BCUT2D eigenvalue weighted by Crippen LogP contribution is -2.23. The number of anilines is 1. The number of pyridine rings is 1. The van der Waals surface area contributed by atoms with Gasteiger partial charge in [0.15, 0.2) is 0 Å². The van der Waals surface area contributed by atoms with Gasteiger partial charge in [-0.15, -0.1) is 0 Å². The number of hydrogen-bond acceptors (Lipinski definition) is 2. The molecule has 0 spiro atoms. The van der Waals surface area contributed by atoms with E-state index >= 15 is 0 Å². The molecule has 3 aromatic rings. The highest BCUT2D eigenvalue weighted by Crippen LogP contribution is 2.18. The van der Waals surface area contributed by atoms with Gasteiger partial charge in [0.25, 0.3) is 11.5 Å². The molecule has 1 amide bonds. The van der Waals surface area contributed by atoms with E-state index in [0.29, 0.717) is 18.0 Å². The van der Waals surface area contributed by atoms with Crippen molar-refractivity contribution < 1.29 is 4.79 Å². The van der Waals surface area contributed by atoms with Crippen LogP contribution in [-0.2, 0) is 6.54 Å². The number of hydrogen-bond donors (Lipinski definition) is 1. The number of carbonyl (C=O) groups excluding carboxylic acids is 1. The lowest BCUT2D eigenvalue weighted by atomic mass is 10.0. The van der Waals surface area contributed by atoms with Crippen LogP contribution >= 0.6 is 0 Å².